The van der Waals surface area contributed by atoms with Gasteiger partial charge in [0.1, 0.15) is 5.60 Å². The average molecular weight is 323 g/mol. The Morgan fingerprint density at radius 3 is 2.48 bits per heavy atom. The number of amides is 1. The highest BCUT2D eigenvalue weighted by atomic mass is 32.2. The Bertz CT molecular complexity index is 426. The van der Waals surface area contributed by atoms with Crippen molar-refractivity contribution in [2.24, 2.45) is 0 Å². The number of carbonyl (C=O) groups excluding carboxylic acids is 1. The molecular weight excluding hydrogens is 300 g/mol. The summed E-state index contributed by atoms with van der Waals surface area (Å²) in [5, 5.41) is 11.9. The zero-order valence-electron chi connectivity index (χ0n) is 12.2. The second-order valence-electron chi connectivity index (χ2n) is 6.03. The van der Waals surface area contributed by atoms with Gasteiger partial charge in [0.05, 0.1) is 5.25 Å². The molecule has 2 fully saturated rings. The molecule has 0 saturated heterocycles. The molecule has 0 aromatic heterocycles. The highest BCUT2D eigenvalue weighted by molar-refractivity contribution is 7.85. The lowest BCUT2D eigenvalue weighted by Crippen LogP contribution is -2.63. The maximum Gasteiger partial charge on any atom is 0.352 e. The summed E-state index contributed by atoms with van der Waals surface area (Å²) >= 11 is 0. The number of hydrogen-bond donors (Lipinski definition) is 2. The largest absolute Gasteiger partial charge is 0.383 e. The third kappa shape index (κ3) is 3.13. The third-order valence-corrected chi connectivity index (χ3v) is 6.50. The van der Waals surface area contributed by atoms with Gasteiger partial charge in [0.15, 0.2) is 0 Å². The van der Waals surface area contributed by atoms with Crippen molar-refractivity contribution >= 4 is 16.7 Å². The predicted octanol–water partition coefficient (Wildman–Crippen LogP) is 1.73. The molecule has 1 amide bonds. The molecule has 0 bridgehead atoms. The van der Waals surface area contributed by atoms with Crippen LogP contribution in [0.15, 0.2) is 0 Å². The summed E-state index contributed by atoms with van der Waals surface area (Å²) in [7, 11) is -1.12. The average Bonchev–Trinajstić information content (AvgIpc) is 2.44. The SMILES string of the molecule is CCS(=O)C1CCCCC1NC(=O)C(F)(F)C1(O)CCC1. The van der Waals surface area contributed by atoms with E-state index in [0.29, 0.717) is 25.0 Å². The first-order chi connectivity index (χ1) is 9.82. The molecule has 3 unspecified atom stereocenters. The molecular formula is C14H23F2NO3S. The fraction of sp³-hybridized carbons (Fsp3) is 0.929. The Morgan fingerprint density at radius 2 is 1.95 bits per heavy atom. The van der Waals surface area contributed by atoms with Crippen LogP contribution in [-0.2, 0) is 15.6 Å². The molecule has 122 valence electrons. The second-order valence-corrected chi connectivity index (χ2v) is 7.98. The summed E-state index contributed by atoms with van der Waals surface area (Å²) < 4.78 is 40.1. The van der Waals surface area contributed by atoms with Crippen LogP contribution in [0.1, 0.15) is 51.9 Å². The van der Waals surface area contributed by atoms with Crippen LogP contribution < -0.4 is 5.32 Å². The van der Waals surface area contributed by atoms with Crippen molar-refractivity contribution in [2.75, 3.05) is 5.75 Å². The molecule has 2 rings (SSSR count). The topological polar surface area (TPSA) is 66.4 Å². The molecule has 2 saturated carbocycles. The van der Waals surface area contributed by atoms with Crippen LogP contribution in [0, 0.1) is 0 Å². The molecule has 0 radical (unpaired) electrons. The third-order valence-electron chi connectivity index (χ3n) is 4.69. The molecule has 0 heterocycles. The maximum absolute atomic E-state index is 14.1. The minimum absolute atomic E-state index is 0.0532. The quantitative estimate of drug-likeness (QED) is 0.810. The molecule has 4 nitrogen and oxygen atoms in total. The lowest BCUT2D eigenvalue weighted by molar-refractivity contribution is -0.216. The van der Waals surface area contributed by atoms with Gasteiger partial charge in [0, 0.05) is 22.6 Å². The van der Waals surface area contributed by atoms with E-state index in [1.54, 1.807) is 6.92 Å². The molecule has 2 N–H and O–H groups in total. The van der Waals surface area contributed by atoms with Gasteiger partial charge in [-0.1, -0.05) is 19.8 Å². The van der Waals surface area contributed by atoms with Crippen molar-refractivity contribution in [1.29, 1.82) is 0 Å². The highest BCUT2D eigenvalue weighted by Crippen LogP contribution is 2.44. The van der Waals surface area contributed by atoms with Gasteiger partial charge in [-0.25, -0.2) is 0 Å². The number of rotatable bonds is 5. The molecule has 0 aromatic rings. The van der Waals surface area contributed by atoms with E-state index in [1.165, 1.54) is 0 Å². The van der Waals surface area contributed by atoms with Crippen LogP contribution >= 0.6 is 0 Å². The van der Waals surface area contributed by atoms with E-state index in [1.807, 2.05) is 0 Å². The number of hydrogen-bond acceptors (Lipinski definition) is 3. The van der Waals surface area contributed by atoms with E-state index < -0.39 is 34.3 Å². The minimum atomic E-state index is -3.78. The van der Waals surface area contributed by atoms with Crippen LogP contribution in [-0.4, -0.2) is 43.8 Å². The zero-order valence-corrected chi connectivity index (χ0v) is 13.1. The maximum atomic E-state index is 14.1. The normalized spacial score (nSPS) is 30.3. The van der Waals surface area contributed by atoms with Gasteiger partial charge in [-0.2, -0.15) is 8.78 Å². The van der Waals surface area contributed by atoms with Gasteiger partial charge >= 0.3 is 5.92 Å². The summed E-state index contributed by atoms with van der Waals surface area (Å²) in [5.74, 6) is -4.74. The van der Waals surface area contributed by atoms with Gasteiger partial charge < -0.3 is 10.4 Å². The molecule has 0 aromatic carbocycles. The monoisotopic (exact) mass is 323 g/mol. The van der Waals surface area contributed by atoms with Crippen molar-refractivity contribution in [3.05, 3.63) is 0 Å². The Labute approximate surface area is 126 Å². The molecule has 21 heavy (non-hydrogen) atoms. The van der Waals surface area contributed by atoms with Gasteiger partial charge in [-0.05, 0) is 32.1 Å². The lowest BCUT2D eigenvalue weighted by atomic mass is 9.75. The van der Waals surface area contributed by atoms with Crippen molar-refractivity contribution < 1.29 is 22.9 Å². The Morgan fingerprint density at radius 1 is 1.33 bits per heavy atom. The van der Waals surface area contributed by atoms with Crippen molar-refractivity contribution in [3.63, 3.8) is 0 Å². The first-order valence-electron chi connectivity index (χ1n) is 7.60. The number of carbonyl (C=O) groups is 1. The van der Waals surface area contributed by atoms with Crippen molar-refractivity contribution in [3.8, 4) is 0 Å². The summed E-state index contributed by atoms with van der Waals surface area (Å²) in [6.45, 7) is 1.79. The first-order valence-corrected chi connectivity index (χ1v) is 8.98. The fourth-order valence-electron chi connectivity index (χ4n) is 3.09. The first kappa shape index (κ1) is 16.8. The molecule has 3 atom stereocenters. The molecule has 7 heteroatoms. The standard InChI is InChI=1S/C14H23F2NO3S/c1-2-21(20)11-7-4-3-6-10(11)17-12(18)14(15,16)13(19)8-5-9-13/h10-11,19H,2-9H2,1H3,(H,17,18). The van der Waals surface area contributed by atoms with E-state index in [0.717, 1.165) is 12.8 Å². The molecule has 0 aliphatic heterocycles. The van der Waals surface area contributed by atoms with E-state index in [2.05, 4.69) is 5.32 Å². The van der Waals surface area contributed by atoms with E-state index in [4.69, 9.17) is 0 Å². The van der Waals surface area contributed by atoms with E-state index in [-0.39, 0.29) is 18.1 Å². The van der Waals surface area contributed by atoms with Crippen LogP contribution in [0.25, 0.3) is 0 Å². The van der Waals surface area contributed by atoms with Gasteiger partial charge in [-0.15, -0.1) is 0 Å². The van der Waals surface area contributed by atoms with Gasteiger partial charge in [0.25, 0.3) is 5.91 Å². The fourth-order valence-corrected chi connectivity index (χ4v) is 4.51. The minimum Gasteiger partial charge on any atom is -0.383 e. The molecule has 0 spiro atoms. The summed E-state index contributed by atoms with van der Waals surface area (Å²) in [6.07, 6.45) is 3.38. The van der Waals surface area contributed by atoms with E-state index >= 15 is 0 Å². The lowest BCUT2D eigenvalue weighted by Gasteiger charge is -2.42. The smallest absolute Gasteiger partial charge is 0.352 e. The summed E-state index contributed by atoms with van der Waals surface area (Å²) in [4.78, 5) is 11.9. The summed E-state index contributed by atoms with van der Waals surface area (Å²) in [5.41, 5.74) is -2.20. The summed E-state index contributed by atoms with van der Waals surface area (Å²) in [6, 6.07) is -0.485. The van der Waals surface area contributed by atoms with Crippen molar-refractivity contribution in [1.82, 2.24) is 5.32 Å². The van der Waals surface area contributed by atoms with Crippen LogP contribution in [0.2, 0.25) is 0 Å². The van der Waals surface area contributed by atoms with Gasteiger partial charge in [0.2, 0.25) is 0 Å². The Balaban J connectivity index is 2.04. The van der Waals surface area contributed by atoms with Crippen LogP contribution in [0.5, 0.6) is 0 Å². The Hall–Kier alpha value is -0.560. The van der Waals surface area contributed by atoms with Crippen LogP contribution in [0.4, 0.5) is 8.78 Å². The number of alkyl halides is 2. The Kier molecular flexibility index (Phi) is 5.03. The number of nitrogens with one attached hydrogen (secondary N) is 1. The zero-order chi connectivity index (χ0) is 15.7. The van der Waals surface area contributed by atoms with Crippen molar-refractivity contribution in [2.45, 2.75) is 74.7 Å². The number of halogens is 2. The molecule has 2 aliphatic rings. The number of aliphatic hydroxyl groups is 1. The molecule has 2 aliphatic carbocycles. The van der Waals surface area contributed by atoms with Crippen LogP contribution in [0.3, 0.4) is 0 Å². The van der Waals surface area contributed by atoms with Gasteiger partial charge in [-0.3, -0.25) is 9.00 Å². The predicted molar refractivity (Wildman–Crippen MR) is 76.6 cm³/mol. The van der Waals surface area contributed by atoms with E-state index in [9.17, 15) is 22.9 Å². The second kappa shape index (κ2) is 6.28. The highest BCUT2D eigenvalue weighted by Gasteiger charge is 2.61.